The van der Waals surface area contributed by atoms with E-state index >= 15 is 0 Å². The number of alkyl halides is 3. The van der Waals surface area contributed by atoms with Gasteiger partial charge in [-0.1, -0.05) is 17.7 Å². The van der Waals surface area contributed by atoms with Gasteiger partial charge in [-0.3, -0.25) is 9.69 Å². The first-order valence-corrected chi connectivity index (χ1v) is 11.0. The summed E-state index contributed by atoms with van der Waals surface area (Å²) in [6.45, 7) is 3.37. The highest BCUT2D eigenvalue weighted by Gasteiger charge is 2.31. The van der Waals surface area contributed by atoms with E-state index in [9.17, 15) is 18.0 Å². The average Bonchev–Trinajstić information content (AvgIpc) is 3.32. The number of morpholine rings is 1. The number of rotatable bonds is 6. The molecule has 1 aliphatic rings. The summed E-state index contributed by atoms with van der Waals surface area (Å²) in [7, 11) is 0. The number of anilines is 1. The zero-order chi connectivity index (χ0) is 22.7. The third-order valence-corrected chi connectivity index (χ3v) is 6.39. The number of pyridine rings is 1. The van der Waals surface area contributed by atoms with E-state index in [1.165, 1.54) is 11.1 Å². The molecule has 0 bridgehead atoms. The van der Waals surface area contributed by atoms with Crippen molar-refractivity contribution in [3.63, 3.8) is 0 Å². The molecule has 0 aromatic carbocycles. The minimum Gasteiger partial charge on any atom is -0.380 e. The SMILES string of the molecule is O=c1c(Cl)c(NCC(c2cccs2)N2CCOCC2)cnn1-c1ccc(C(F)(F)F)cn1. The highest BCUT2D eigenvalue weighted by atomic mass is 35.5. The minimum atomic E-state index is -4.52. The molecule has 1 atom stereocenters. The summed E-state index contributed by atoms with van der Waals surface area (Å²) in [6.07, 6.45) is -2.50. The lowest BCUT2D eigenvalue weighted by atomic mass is 10.2. The molecule has 170 valence electrons. The maximum Gasteiger partial charge on any atom is 0.417 e. The molecule has 0 amide bonds. The van der Waals surface area contributed by atoms with Crippen LogP contribution in [0.5, 0.6) is 0 Å². The molecule has 1 saturated heterocycles. The van der Waals surface area contributed by atoms with Crippen LogP contribution in [-0.2, 0) is 10.9 Å². The fourth-order valence-electron chi connectivity index (χ4n) is 3.38. The number of aromatic nitrogens is 3. The van der Waals surface area contributed by atoms with Gasteiger partial charge in [-0.05, 0) is 23.6 Å². The highest BCUT2D eigenvalue weighted by Crippen LogP contribution is 2.29. The standard InChI is InChI=1S/C20H19ClF3N5O2S/c21-18-14(25-12-15(16-2-1-9-32-16)28-5-7-31-8-6-28)11-27-29(19(18)30)17-4-3-13(10-26-17)20(22,23)24/h1-4,9-11,15,25H,5-8,12H2. The van der Waals surface area contributed by atoms with Crippen molar-refractivity contribution in [3.05, 3.63) is 67.9 Å². The van der Waals surface area contributed by atoms with E-state index in [1.807, 2.05) is 11.4 Å². The molecular formula is C20H19ClF3N5O2S. The molecule has 1 unspecified atom stereocenters. The van der Waals surface area contributed by atoms with E-state index in [4.69, 9.17) is 16.3 Å². The van der Waals surface area contributed by atoms with E-state index in [0.717, 1.165) is 29.9 Å². The van der Waals surface area contributed by atoms with Crippen LogP contribution in [0.4, 0.5) is 18.9 Å². The number of hydrogen-bond donors (Lipinski definition) is 1. The summed E-state index contributed by atoms with van der Waals surface area (Å²) < 4.78 is 44.5. The maximum absolute atomic E-state index is 12.7. The number of nitrogens with one attached hydrogen (secondary N) is 1. The van der Waals surface area contributed by atoms with Gasteiger partial charge in [0.15, 0.2) is 5.82 Å². The van der Waals surface area contributed by atoms with Crippen LogP contribution in [0.15, 0.2) is 46.8 Å². The Morgan fingerprint density at radius 2 is 2.00 bits per heavy atom. The topological polar surface area (TPSA) is 72.3 Å². The zero-order valence-electron chi connectivity index (χ0n) is 16.7. The van der Waals surface area contributed by atoms with Crippen LogP contribution >= 0.6 is 22.9 Å². The third-order valence-electron chi connectivity index (χ3n) is 5.06. The molecule has 0 radical (unpaired) electrons. The van der Waals surface area contributed by atoms with E-state index in [2.05, 4.69) is 26.4 Å². The van der Waals surface area contributed by atoms with Gasteiger partial charge in [0.25, 0.3) is 5.56 Å². The Morgan fingerprint density at radius 1 is 1.22 bits per heavy atom. The maximum atomic E-state index is 12.7. The molecule has 3 aromatic heterocycles. The fraction of sp³-hybridized carbons (Fsp3) is 0.350. The highest BCUT2D eigenvalue weighted by molar-refractivity contribution is 7.10. The second-order valence-corrected chi connectivity index (χ2v) is 8.41. The second kappa shape index (κ2) is 9.57. The number of thiophene rings is 1. The molecule has 12 heteroatoms. The summed E-state index contributed by atoms with van der Waals surface area (Å²) in [5.41, 5.74) is -1.25. The van der Waals surface area contributed by atoms with Crippen molar-refractivity contribution in [2.45, 2.75) is 12.2 Å². The number of halogens is 4. The molecule has 0 aliphatic carbocycles. The van der Waals surface area contributed by atoms with Crippen molar-refractivity contribution in [2.75, 3.05) is 38.2 Å². The van der Waals surface area contributed by atoms with E-state index in [1.54, 1.807) is 11.3 Å². The number of hydrogen-bond acceptors (Lipinski definition) is 7. The van der Waals surface area contributed by atoms with Gasteiger partial charge in [0.1, 0.15) is 5.02 Å². The van der Waals surface area contributed by atoms with Crippen molar-refractivity contribution in [2.24, 2.45) is 0 Å². The average molecular weight is 486 g/mol. The van der Waals surface area contributed by atoms with Gasteiger partial charge in [-0.15, -0.1) is 11.3 Å². The van der Waals surface area contributed by atoms with Crippen LogP contribution in [0.3, 0.4) is 0 Å². The minimum absolute atomic E-state index is 0.0544. The van der Waals surface area contributed by atoms with Crippen LogP contribution in [0.2, 0.25) is 5.02 Å². The van der Waals surface area contributed by atoms with Crippen molar-refractivity contribution >= 4 is 28.6 Å². The van der Waals surface area contributed by atoms with Crippen molar-refractivity contribution in [1.82, 2.24) is 19.7 Å². The lowest BCUT2D eigenvalue weighted by molar-refractivity contribution is -0.137. The Hall–Kier alpha value is -2.47. The molecule has 4 heterocycles. The molecule has 0 saturated carbocycles. The van der Waals surface area contributed by atoms with Gasteiger partial charge in [0, 0.05) is 30.7 Å². The monoisotopic (exact) mass is 485 g/mol. The number of nitrogens with zero attached hydrogens (tertiary/aromatic N) is 4. The fourth-order valence-corrected chi connectivity index (χ4v) is 4.44. The quantitative estimate of drug-likeness (QED) is 0.572. The van der Waals surface area contributed by atoms with Gasteiger partial charge < -0.3 is 10.1 Å². The first-order chi connectivity index (χ1) is 15.3. The summed E-state index contributed by atoms with van der Waals surface area (Å²) in [4.78, 5) is 19.9. The molecule has 32 heavy (non-hydrogen) atoms. The normalized spacial score (nSPS) is 16.1. The lowest BCUT2D eigenvalue weighted by Gasteiger charge is -2.34. The first-order valence-electron chi connectivity index (χ1n) is 9.75. The summed E-state index contributed by atoms with van der Waals surface area (Å²) >= 11 is 7.92. The molecule has 7 nitrogen and oxygen atoms in total. The van der Waals surface area contributed by atoms with Crippen molar-refractivity contribution in [1.29, 1.82) is 0 Å². The Morgan fingerprint density at radius 3 is 2.62 bits per heavy atom. The van der Waals surface area contributed by atoms with Gasteiger partial charge in [-0.2, -0.15) is 23.0 Å². The Kier molecular flexibility index (Phi) is 6.79. The third kappa shape index (κ3) is 4.96. The lowest BCUT2D eigenvalue weighted by Crippen LogP contribution is -2.41. The summed E-state index contributed by atoms with van der Waals surface area (Å²) in [5.74, 6) is -0.0544. The number of ether oxygens (including phenoxy) is 1. The first kappa shape index (κ1) is 22.7. The largest absolute Gasteiger partial charge is 0.417 e. The molecule has 4 rings (SSSR count). The van der Waals surface area contributed by atoms with Crippen molar-refractivity contribution < 1.29 is 17.9 Å². The molecule has 1 N–H and O–H groups in total. The molecule has 1 fully saturated rings. The van der Waals surface area contributed by atoms with Gasteiger partial charge in [0.2, 0.25) is 0 Å². The molecular weight excluding hydrogens is 467 g/mol. The molecule has 3 aromatic rings. The van der Waals surface area contributed by atoms with E-state index < -0.39 is 17.3 Å². The molecule has 0 spiro atoms. The molecule has 1 aliphatic heterocycles. The Labute approximate surface area is 190 Å². The Balaban J connectivity index is 1.53. The van der Waals surface area contributed by atoms with E-state index in [-0.39, 0.29) is 16.9 Å². The van der Waals surface area contributed by atoms with Gasteiger partial charge >= 0.3 is 6.18 Å². The van der Waals surface area contributed by atoms with Gasteiger partial charge in [-0.25, -0.2) is 4.98 Å². The predicted octanol–water partition coefficient (Wildman–Crippen LogP) is 3.85. The zero-order valence-corrected chi connectivity index (χ0v) is 18.3. The second-order valence-electron chi connectivity index (χ2n) is 7.05. The van der Waals surface area contributed by atoms with Crippen LogP contribution in [0.1, 0.15) is 16.5 Å². The van der Waals surface area contributed by atoms with Gasteiger partial charge in [0.05, 0.1) is 36.7 Å². The predicted molar refractivity (Wildman–Crippen MR) is 116 cm³/mol. The smallest absolute Gasteiger partial charge is 0.380 e. The van der Waals surface area contributed by atoms with Crippen LogP contribution in [0.25, 0.3) is 5.82 Å². The summed E-state index contributed by atoms with van der Waals surface area (Å²) in [5, 5.41) is 9.12. The van der Waals surface area contributed by atoms with Crippen LogP contribution < -0.4 is 10.9 Å². The van der Waals surface area contributed by atoms with E-state index in [0.29, 0.717) is 31.6 Å². The summed E-state index contributed by atoms with van der Waals surface area (Å²) in [6, 6.07) is 6.02. The van der Waals surface area contributed by atoms with Crippen LogP contribution in [0, 0.1) is 0 Å². The van der Waals surface area contributed by atoms with Crippen molar-refractivity contribution in [3.8, 4) is 5.82 Å². The van der Waals surface area contributed by atoms with Crippen LogP contribution in [-0.4, -0.2) is 52.5 Å². The Bertz CT molecular complexity index is 1100.